The molecule has 0 saturated carbocycles. The third-order valence-corrected chi connectivity index (χ3v) is 3.31. The van der Waals surface area contributed by atoms with E-state index in [0.717, 1.165) is 23.1 Å². The van der Waals surface area contributed by atoms with Crippen molar-refractivity contribution in [2.45, 2.75) is 12.1 Å². The van der Waals surface area contributed by atoms with Crippen molar-refractivity contribution >= 4 is 17.7 Å². The molecule has 0 bridgehead atoms. The second-order valence-electron chi connectivity index (χ2n) is 3.88. The summed E-state index contributed by atoms with van der Waals surface area (Å²) in [6.07, 6.45) is 1.82. The molecular weight excluding hydrogens is 262 g/mol. The van der Waals surface area contributed by atoms with E-state index in [-0.39, 0.29) is 5.75 Å². The quantitative estimate of drug-likeness (QED) is 0.864. The molecule has 0 unspecified atom stereocenters. The first kappa shape index (κ1) is 13.2. The molecule has 0 aliphatic carbocycles. The Kier molecular flexibility index (Phi) is 3.88. The molecule has 0 aliphatic rings. The molecule has 19 heavy (non-hydrogen) atoms. The Labute approximate surface area is 114 Å². The molecule has 1 aromatic heterocycles. The van der Waals surface area contributed by atoms with Gasteiger partial charge in [-0.15, -0.1) is 0 Å². The lowest BCUT2D eigenvalue weighted by molar-refractivity contribution is -0.133. The fraction of sp³-hybridized carbons (Fsp3) is 0.154. The van der Waals surface area contributed by atoms with Crippen LogP contribution in [-0.4, -0.2) is 26.4 Å². The van der Waals surface area contributed by atoms with Crippen LogP contribution in [0.3, 0.4) is 0 Å². The summed E-state index contributed by atoms with van der Waals surface area (Å²) in [4.78, 5) is 14.9. The fourth-order valence-corrected chi connectivity index (χ4v) is 2.37. The summed E-state index contributed by atoms with van der Waals surface area (Å²) < 4.78 is 1.80. The normalized spacial score (nSPS) is 10.1. The van der Waals surface area contributed by atoms with Crippen molar-refractivity contribution in [3.63, 3.8) is 0 Å². The number of carboxylic acids is 1. The molecule has 5 nitrogen and oxygen atoms in total. The lowest BCUT2D eigenvalue weighted by Gasteiger charge is -2.06. The van der Waals surface area contributed by atoms with Gasteiger partial charge >= 0.3 is 5.97 Å². The van der Waals surface area contributed by atoms with Gasteiger partial charge in [0.05, 0.1) is 23.1 Å². The van der Waals surface area contributed by atoms with E-state index in [0.29, 0.717) is 10.7 Å². The highest BCUT2D eigenvalue weighted by Gasteiger charge is 2.10. The molecular formula is C13H11N3O2S. The Balaban J connectivity index is 2.38. The topological polar surface area (TPSA) is 78.9 Å². The van der Waals surface area contributed by atoms with Crippen LogP contribution in [0.2, 0.25) is 0 Å². The molecule has 0 spiro atoms. The van der Waals surface area contributed by atoms with Gasteiger partial charge in [0, 0.05) is 11.9 Å². The monoisotopic (exact) mass is 273 g/mol. The number of imidazole rings is 1. The van der Waals surface area contributed by atoms with Gasteiger partial charge < -0.3 is 5.11 Å². The van der Waals surface area contributed by atoms with E-state index in [9.17, 15) is 4.79 Å². The summed E-state index contributed by atoms with van der Waals surface area (Å²) >= 11 is 1.15. The first-order valence-corrected chi connectivity index (χ1v) is 6.50. The maximum Gasteiger partial charge on any atom is 0.313 e. The zero-order chi connectivity index (χ0) is 13.8. The largest absolute Gasteiger partial charge is 0.481 e. The van der Waals surface area contributed by atoms with Crippen molar-refractivity contribution in [1.82, 2.24) is 9.55 Å². The number of hydrogen-bond acceptors (Lipinski definition) is 4. The van der Waals surface area contributed by atoms with Gasteiger partial charge in [-0.3, -0.25) is 9.36 Å². The van der Waals surface area contributed by atoms with Crippen LogP contribution in [0.25, 0.3) is 5.69 Å². The molecule has 96 valence electrons. The van der Waals surface area contributed by atoms with Crippen molar-refractivity contribution in [2.75, 3.05) is 5.75 Å². The zero-order valence-electron chi connectivity index (χ0n) is 10.2. The summed E-state index contributed by atoms with van der Waals surface area (Å²) in [6.45, 7) is 1.84. The molecule has 1 heterocycles. The molecule has 2 aromatic rings. The fourth-order valence-electron chi connectivity index (χ4n) is 1.61. The smallest absolute Gasteiger partial charge is 0.313 e. The average Bonchev–Trinajstić information content (AvgIpc) is 2.77. The standard InChI is InChI=1S/C13H11N3O2S/c1-9-7-16(13(15-9)19-8-12(17)18)11-4-2-3-10(5-11)6-14/h2-5,7H,8H2,1H3,(H,17,18). The highest BCUT2D eigenvalue weighted by Crippen LogP contribution is 2.22. The first-order chi connectivity index (χ1) is 9.10. The summed E-state index contributed by atoms with van der Waals surface area (Å²) in [6, 6.07) is 9.18. The number of thioether (sulfide) groups is 1. The van der Waals surface area contributed by atoms with Gasteiger partial charge in [-0.1, -0.05) is 17.8 Å². The maximum absolute atomic E-state index is 10.6. The molecule has 1 N–H and O–H groups in total. The zero-order valence-corrected chi connectivity index (χ0v) is 11.0. The van der Waals surface area contributed by atoms with Crippen molar-refractivity contribution in [3.05, 3.63) is 41.7 Å². The van der Waals surface area contributed by atoms with E-state index >= 15 is 0 Å². The second kappa shape index (κ2) is 5.59. The predicted molar refractivity (Wildman–Crippen MR) is 71.4 cm³/mol. The molecule has 6 heteroatoms. The van der Waals surface area contributed by atoms with E-state index in [1.807, 2.05) is 19.2 Å². The Hall–Kier alpha value is -2.26. The van der Waals surface area contributed by atoms with Gasteiger partial charge in [0.25, 0.3) is 0 Å². The molecule has 0 amide bonds. The van der Waals surface area contributed by atoms with Crippen LogP contribution in [0.15, 0.2) is 35.6 Å². The Morgan fingerprint density at radius 1 is 1.58 bits per heavy atom. The van der Waals surface area contributed by atoms with Gasteiger partial charge in [-0.25, -0.2) is 4.98 Å². The van der Waals surface area contributed by atoms with Crippen LogP contribution in [0.4, 0.5) is 0 Å². The van der Waals surface area contributed by atoms with Gasteiger partial charge in [-0.2, -0.15) is 5.26 Å². The van der Waals surface area contributed by atoms with E-state index in [1.54, 1.807) is 22.8 Å². The van der Waals surface area contributed by atoms with E-state index in [1.165, 1.54) is 0 Å². The number of carboxylic acid groups (broad SMARTS) is 1. The third kappa shape index (κ3) is 3.14. The van der Waals surface area contributed by atoms with Crippen molar-refractivity contribution in [3.8, 4) is 11.8 Å². The number of hydrogen-bond donors (Lipinski definition) is 1. The number of benzene rings is 1. The number of nitriles is 1. The number of rotatable bonds is 4. The van der Waals surface area contributed by atoms with Gasteiger partial charge in [0.15, 0.2) is 5.16 Å². The summed E-state index contributed by atoms with van der Waals surface area (Å²) in [7, 11) is 0. The number of nitrogens with zero attached hydrogens (tertiary/aromatic N) is 3. The third-order valence-electron chi connectivity index (χ3n) is 2.37. The minimum Gasteiger partial charge on any atom is -0.481 e. The van der Waals surface area contributed by atoms with E-state index < -0.39 is 5.97 Å². The second-order valence-corrected chi connectivity index (χ2v) is 4.82. The number of carbonyl (C=O) groups is 1. The summed E-state index contributed by atoms with van der Waals surface area (Å²) in [5.41, 5.74) is 2.15. The van der Waals surface area contributed by atoms with Gasteiger partial charge in [0.1, 0.15) is 0 Å². The number of aryl methyl sites for hydroxylation is 1. The molecule has 2 rings (SSSR count). The van der Waals surface area contributed by atoms with Gasteiger partial charge in [0.2, 0.25) is 0 Å². The van der Waals surface area contributed by atoms with Crippen LogP contribution in [0, 0.1) is 18.3 Å². The Morgan fingerprint density at radius 3 is 3.05 bits per heavy atom. The van der Waals surface area contributed by atoms with Crippen molar-refractivity contribution in [1.29, 1.82) is 5.26 Å². The summed E-state index contributed by atoms with van der Waals surface area (Å²) in [5.74, 6) is -0.933. The Bertz CT molecular complexity index is 658. The average molecular weight is 273 g/mol. The predicted octanol–water partition coefficient (Wildman–Crippen LogP) is 2.23. The van der Waals surface area contributed by atoms with Gasteiger partial charge in [-0.05, 0) is 25.1 Å². The van der Waals surface area contributed by atoms with E-state index in [4.69, 9.17) is 10.4 Å². The van der Waals surface area contributed by atoms with Crippen LogP contribution < -0.4 is 0 Å². The lowest BCUT2D eigenvalue weighted by Crippen LogP contribution is -2.01. The molecule has 0 aliphatic heterocycles. The van der Waals surface area contributed by atoms with Crippen LogP contribution in [0.5, 0.6) is 0 Å². The SMILES string of the molecule is Cc1cn(-c2cccc(C#N)c2)c(SCC(=O)O)n1. The van der Waals surface area contributed by atoms with Crippen molar-refractivity contribution < 1.29 is 9.90 Å². The van der Waals surface area contributed by atoms with Crippen LogP contribution >= 0.6 is 11.8 Å². The molecule has 0 saturated heterocycles. The van der Waals surface area contributed by atoms with Crippen LogP contribution in [0.1, 0.15) is 11.3 Å². The lowest BCUT2D eigenvalue weighted by atomic mass is 10.2. The molecule has 0 fully saturated rings. The minimum atomic E-state index is -0.886. The molecule has 0 radical (unpaired) electrons. The molecule has 1 aromatic carbocycles. The van der Waals surface area contributed by atoms with E-state index in [2.05, 4.69) is 11.1 Å². The highest BCUT2D eigenvalue weighted by atomic mass is 32.2. The summed E-state index contributed by atoms with van der Waals surface area (Å²) in [5, 5.41) is 18.2. The first-order valence-electron chi connectivity index (χ1n) is 5.51. The highest BCUT2D eigenvalue weighted by molar-refractivity contribution is 7.99. The number of aliphatic carboxylic acids is 1. The Morgan fingerprint density at radius 2 is 2.37 bits per heavy atom. The van der Waals surface area contributed by atoms with Crippen LogP contribution in [-0.2, 0) is 4.79 Å². The van der Waals surface area contributed by atoms with Crippen molar-refractivity contribution in [2.24, 2.45) is 0 Å². The number of aromatic nitrogens is 2. The molecule has 0 atom stereocenters. The minimum absolute atomic E-state index is 0.0472. The maximum atomic E-state index is 10.6.